The summed E-state index contributed by atoms with van der Waals surface area (Å²) in [6, 6.07) is 6.22. The number of hydrogen-bond donors (Lipinski definition) is 0. The van der Waals surface area contributed by atoms with E-state index in [1.54, 1.807) is 7.11 Å². The van der Waals surface area contributed by atoms with E-state index < -0.39 is 0 Å². The summed E-state index contributed by atoms with van der Waals surface area (Å²) in [5.74, 6) is 0.167. The van der Waals surface area contributed by atoms with Crippen LogP contribution in [0.25, 0.3) is 0 Å². The number of aryl methyl sites for hydroxylation is 2. The first kappa shape index (κ1) is 11.9. The summed E-state index contributed by atoms with van der Waals surface area (Å²) in [7, 11) is 1.55. The van der Waals surface area contributed by atoms with Crippen molar-refractivity contribution < 1.29 is 9.53 Å². The van der Waals surface area contributed by atoms with Crippen molar-refractivity contribution in [2.45, 2.75) is 26.7 Å². The molecule has 0 fully saturated rings. The molecule has 1 aromatic carbocycles. The zero-order valence-corrected chi connectivity index (χ0v) is 9.67. The maximum atomic E-state index is 11.3. The third-order valence-electron chi connectivity index (χ3n) is 2.60. The lowest BCUT2D eigenvalue weighted by Gasteiger charge is -2.08. The van der Waals surface area contributed by atoms with E-state index in [1.165, 1.54) is 16.7 Å². The molecule has 0 atom stereocenters. The van der Waals surface area contributed by atoms with Gasteiger partial charge in [0.15, 0.2) is 5.78 Å². The third-order valence-corrected chi connectivity index (χ3v) is 2.60. The van der Waals surface area contributed by atoms with E-state index in [0.29, 0.717) is 6.42 Å². The highest BCUT2D eigenvalue weighted by Crippen LogP contribution is 2.15. The molecule has 1 aromatic rings. The average molecular weight is 206 g/mol. The van der Waals surface area contributed by atoms with Gasteiger partial charge in [-0.15, -0.1) is 0 Å². The molecule has 0 amide bonds. The van der Waals surface area contributed by atoms with Crippen LogP contribution in [0.1, 0.15) is 23.1 Å². The van der Waals surface area contributed by atoms with Crippen molar-refractivity contribution in [3.05, 3.63) is 34.9 Å². The number of hydrogen-bond acceptors (Lipinski definition) is 2. The number of Topliss-reactive ketones (excluding diaryl/α,β-unsaturated/α-hetero) is 1. The summed E-state index contributed by atoms with van der Waals surface area (Å²) >= 11 is 0. The van der Waals surface area contributed by atoms with Crippen LogP contribution in [0.15, 0.2) is 18.2 Å². The molecular weight excluding hydrogens is 188 g/mol. The van der Waals surface area contributed by atoms with Gasteiger partial charge in [-0.05, 0) is 37.0 Å². The fourth-order valence-corrected chi connectivity index (χ4v) is 1.74. The normalized spacial score (nSPS) is 10.3. The molecule has 15 heavy (non-hydrogen) atoms. The first-order valence-corrected chi connectivity index (χ1v) is 5.21. The summed E-state index contributed by atoms with van der Waals surface area (Å²) in [5, 5.41) is 0. The highest BCUT2D eigenvalue weighted by Gasteiger charge is 2.05. The van der Waals surface area contributed by atoms with Crippen LogP contribution in [0.5, 0.6) is 0 Å². The second-order valence-electron chi connectivity index (χ2n) is 3.84. The van der Waals surface area contributed by atoms with E-state index in [0.717, 1.165) is 6.42 Å². The summed E-state index contributed by atoms with van der Waals surface area (Å²) < 4.78 is 4.80. The van der Waals surface area contributed by atoms with Crippen LogP contribution in [-0.4, -0.2) is 19.5 Å². The van der Waals surface area contributed by atoms with Gasteiger partial charge < -0.3 is 4.74 Å². The van der Waals surface area contributed by atoms with Gasteiger partial charge in [-0.2, -0.15) is 0 Å². The molecule has 0 aliphatic rings. The van der Waals surface area contributed by atoms with E-state index in [2.05, 4.69) is 26.0 Å². The van der Waals surface area contributed by atoms with E-state index in [9.17, 15) is 4.79 Å². The zero-order valence-electron chi connectivity index (χ0n) is 9.67. The molecule has 0 bridgehead atoms. The maximum absolute atomic E-state index is 11.3. The van der Waals surface area contributed by atoms with Gasteiger partial charge >= 0.3 is 0 Å². The van der Waals surface area contributed by atoms with Crippen LogP contribution in [0.2, 0.25) is 0 Å². The summed E-state index contributed by atoms with van der Waals surface area (Å²) in [6.07, 6.45) is 1.39. The van der Waals surface area contributed by atoms with Crippen LogP contribution >= 0.6 is 0 Å². The van der Waals surface area contributed by atoms with Crippen molar-refractivity contribution in [2.75, 3.05) is 13.7 Å². The number of rotatable bonds is 5. The Balaban J connectivity index is 2.61. The molecule has 0 saturated carbocycles. The standard InChI is InChI=1S/C13H18O2/c1-10-5-4-6-11(2)13(10)8-7-12(14)9-15-3/h4-6H,7-9H2,1-3H3. The Morgan fingerprint density at radius 2 is 1.87 bits per heavy atom. The molecule has 0 N–H and O–H groups in total. The van der Waals surface area contributed by atoms with Crippen molar-refractivity contribution in [3.63, 3.8) is 0 Å². The SMILES string of the molecule is COCC(=O)CCc1c(C)cccc1C. The van der Waals surface area contributed by atoms with Crippen molar-refractivity contribution in [2.24, 2.45) is 0 Å². The topological polar surface area (TPSA) is 26.3 Å². The van der Waals surface area contributed by atoms with Gasteiger partial charge in [-0.25, -0.2) is 0 Å². The van der Waals surface area contributed by atoms with Gasteiger partial charge in [0.2, 0.25) is 0 Å². The van der Waals surface area contributed by atoms with Crippen LogP contribution in [0, 0.1) is 13.8 Å². The Hall–Kier alpha value is -1.15. The first-order chi connectivity index (χ1) is 7.15. The van der Waals surface area contributed by atoms with Crippen LogP contribution in [0.4, 0.5) is 0 Å². The lowest BCUT2D eigenvalue weighted by molar-refractivity contribution is -0.122. The number of carbonyl (C=O) groups is 1. The fourth-order valence-electron chi connectivity index (χ4n) is 1.74. The van der Waals surface area contributed by atoms with Crippen LogP contribution < -0.4 is 0 Å². The minimum Gasteiger partial charge on any atom is -0.377 e. The smallest absolute Gasteiger partial charge is 0.158 e. The molecule has 82 valence electrons. The van der Waals surface area contributed by atoms with E-state index in [4.69, 9.17) is 4.74 Å². The van der Waals surface area contributed by atoms with Crippen LogP contribution in [0.3, 0.4) is 0 Å². The summed E-state index contributed by atoms with van der Waals surface area (Å²) in [6.45, 7) is 4.40. The molecular formula is C13H18O2. The molecule has 0 heterocycles. The minimum absolute atomic E-state index is 0.167. The predicted molar refractivity (Wildman–Crippen MR) is 61.1 cm³/mol. The maximum Gasteiger partial charge on any atom is 0.158 e. The number of ether oxygens (including phenoxy) is 1. The van der Waals surface area contributed by atoms with Gasteiger partial charge in [-0.1, -0.05) is 18.2 Å². The average Bonchev–Trinajstić information content (AvgIpc) is 2.17. The molecule has 0 radical (unpaired) electrons. The Morgan fingerprint density at radius 1 is 1.27 bits per heavy atom. The Morgan fingerprint density at radius 3 is 2.40 bits per heavy atom. The summed E-state index contributed by atoms with van der Waals surface area (Å²) in [5.41, 5.74) is 3.82. The lowest BCUT2D eigenvalue weighted by atomic mass is 9.98. The van der Waals surface area contributed by atoms with Crippen LogP contribution in [-0.2, 0) is 16.0 Å². The molecule has 0 aliphatic carbocycles. The largest absolute Gasteiger partial charge is 0.377 e. The number of methoxy groups -OCH3 is 1. The molecule has 2 nitrogen and oxygen atoms in total. The van der Waals surface area contributed by atoms with Crippen molar-refractivity contribution in [1.82, 2.24) is 0 Å². The number of benzene rings is 1. The van der Waals surface area contributed by atoms with Gasteiger partial charge in [0.1, 0.15) is 6.61 Å². The van der Waals surface area contributed by atoms with Crippen molar-refractivity contribution in [1.29, 1.82) is 0 Å². The monoisotopic (exact) mass is 206 g/mol. The van der Waals surface area contributed by atoms with Crippen molar-refractivity contribution in [3.8, 4) is 0 Å². The second-order valence-corrected chi connectivity index (χ2v) is 3.84. The Kier molecular flexibility index (Phi) is 4.50. The van der Waals surface area contributed by atoms with Gasteiger partial charge in [0.25, 0.3) is 0 Å². The second kappa shape index (κ2) is 5.66. The Labute approximate surface area is 91.3 Å². The molecule has 0 saturated heterocycles. The predicted octanol–water partition coefficient (Wildman–Crippen LogP) is 2.45. The molecule has 0 aliphatic heterocycles. The number of ketones is 1. The molecule has 0 spiro atoms. The van der Waals surface area contributed by atoms with E-state index in [1.807, 2.05) is 6.07 Å². The van der Waals surface area contributed by atoms with E-state index >= 15 is 0 Å². The van der Waals surface area contributed by atoms with Gasteiger partial charge in [0, 0.05) is 13.5 Å². The molecule has 1 rings (SSSR count). The third kappa shape index (κ3) is 3.48. The van der Waals surface area contributed by atoms with Gasteiger partial charge in [0.05, 0.1) is 0 Å². The highest BCUT2D eigenvalue weighted by molar-refractivity contribution is 5.79. The molecule has 0 unspecified atom stereocenters. The first-order valence-electron chi connectivity index (χ1n) is 5.21. The van der Waals surface area contributed by atoms with Crippen molar-refractivity contribution >= 4 is 5.78 Å². The molecule has 2 heteroatoms. The fraction of sp³-hybridized carbons (Fsp3) is 0.462. The summed E-state index contributed by atoms with van der Waals surface area (Å²) in [4.78, 5) is 11.3. The molecule has 0 aromatic heterocycles. The Bertz CT molecular complexity index is 322. The quantitative estimate of drug-likeness (QED) is 0.739. The van der Waals surface area contributed by atoms with Gasteiger partial charge in [-0.3, -0.25) is 4.79 Å². The zero-order chi connectivity index (χ0) is 11.3. The number of carbonyl (C=O) groups excluding carboxylic acids is 1. The van der Waals surface area contributed by atoms with E-state index in [-0.39, 0.29) is 12.4 Å². The minimum atomic E-state index is 0.167. The highest BCUT2D eigenvalue weighted by atomic mass is 16.5. The lowest BCUT2D eigenvalue weighted by Crippen LogP contribution is -2.08.